The molecule has 4 aliphatic heterocycles. The lowest BCUT2D eigenvalue weighted by Crippen LogP contribution is -2.62. The molecule has 16 heteroatoms. The van der Waals surface area contributed by atoms with Gasteiger partial charge in [-0.25, -0.2) is 9.59 Å². The highest BCUT2D eigenvalue weighted by Crippen LogP contribution is 2.50. The third-order valence-electron chi connectivity index (χ3n) is 12.0. The SMILES string of the molecule is COC(=O)/C=C1/C[C@H]2C[C@]3(O)O[C@H](C[C@@H](O)CC(=O)O[C@@H]([C@@H](C)OC(C)=O)C[C@@H]4C/C(=C\C(=O)OC)C[C@@](O)(O4)C(C)(C)/C=C\[C@@H](C1)O2)C[C@H](OC(=O)C(C)(C)C)C3(C)C. The molecule has 338 valence electrons. The Morgan fingerprint density at radius 2 is 1.45 bits per heavy atom. The van der Waals surface area contributed by atoms with E-state index in [9.17, 15) is 39.3 Å². The van der Waals surface area contributed by atoms with Crippen LogP contribution < -0.4 is 0 Å². The standard InChI is InChI=1S/C44H66O16/c1-25(55-26(2)45)34-21-31-16-28(18-37(48)54-11)23-43(51,59-31)41(6,7)13-12-30-14-27(17-36(47)53-10)15-33(56-30)24-44(52)42(8,9)35(58-39(50)40(3,4)5)22-32(60-44)19-29(46)20-38(49)57-34/h12-13,17-18,25,29-35,46,51-52H,14-16,19-24H2,1-11H3/b13-12-,27-17+,28-18+/t25-,29-,30+,31+,32-,33+,34-,35+,43-,44+/m1/s1. The van der Waals surface area contributed by atoms with Crippen LogP contribution in [0.1, 0.15) is 120 Å². The molecule has 0 aliphatic carbocycles. The Balaban J connectivity index is 1.84. The van der Waals surface area contributed by atoms with Crippen LogP contribution in [0.3, 0.4) is 0 Å². The number of methoxy groups -OCH3 is 2. The number of hydrogen-bond donors (Lipinski definition) is 3. The molecule has 3 fully saturated rings. The van der Waals surface area contributed by atoms with Gasteiger partial charge in [-0.05, 0) is 47.0 Å². The summed E-state index contributed by atoms with van der Waals surface area (Å²) in [6.07, 6.45) is -1.81. The normalized spacial score (nSPS) is 36.2. The lowest BCUT2D eigenvalue weighted by molar-refractivity contribution is -0.349. The second kappa shape index (κ2) is 19.2. The predicted octanol–water partition coefficient (Wildman–Crippen LogP) is 4.44. The first-order valence-electron chi connectivity index (χ1n) is 20.6. The minimum atomic E-state index is -2.03. The molecular weight excluding hydrogens is 784 g/mol. The second-order valence-electron chi connectivity index (χ2n) is 18.8. The van der Waals surface area contributed by atoms with Gasteiger partial charge in [-0.1, -0.05) is 51.0 Å². The number of carbonyl (C=O) groups excluding carboxylic acids is 5. The zero-order chi connectivity index (χ0) is 45.0. The molecule has 0 amide bonds. The third-order valence-corrected chi connectivity index (χ3v) is 12.0. The average molecular weight is 851 g/mol. The Hall–Kier alpha value is -3.67. The van der Waals surface area contributed by atoms with E-state index in [0.717, 1.165) is 0 Å². The van der Waals surface area contributed by atoms with Crippen LogP contribution in [0, 0.1) is 16.2 Å². The molecule has 0 saturated carbocycles. The maximum atomic E-state index is 13.6. The lowest BCUT2D eigenvalue weighted by atomic mass is 9.70. The van der Waals surface area contributed by atoms with E-state index >= 15 is 0 Å². The van der Waals surface area contributed by atoms with Crippen molar-refractivity contribution in [1.82, 2.24) is 0 Å². The van der Waals surface area contributed by atoms with Crippen molar-refractivity contribution in [3.63, 3.8) is 0 Å². The van der Waals surface area contributed by atoms with E-state index in [1.54, 1.807) is 67.5 Å². The summed E-state index contributed by atoms with van der Waals surface area (Å²) in [5, 5.41) is 36.3. The number of esters is 5. The first-order chi connectivity index (χ1) is 27.7. The van der Waals surface area contributed by atoms with E-state index in [4.69, 9.17) is 37.9 Å². The minimum absolute atomic E-state index is 0.0815. The number of aliphatic hydroxyl groups is 3. The van der Waals surface area contributed by atoms with E-state index in [-0.39, 0.29) is 51.4 Å². The van der Waals surface area contributed by atoms with Gasteiger partial charge in [-0.15, -0.1) is 0 Å². The summed E-state index contributed by atoms with van der Waals surface area (Å²) in [7, 11) is 2.50. The minimum Gasteiger partial charge on any atom is -0.466 e. The molecule has 0 spiro atoms. The summed E-state index contributed by atoms with van der Waals surface area (Å²) in [6.45, 7) is 14.8. The molecule has 4 heterocycles. The van der Waals surface area contributed by atoms with Gasteiger partial charge in [0.2, 0.25) is 0 Å². The number of rotatable bonds is 5. The number of cyclic esters (lactones) is 1. The zero-order valence-electron chi connectivity index (χ0n) is 36.9. The molecular formula is C44H66O16. The van der Waals surface area contributed by atoms with Crippen LogP contribution in [0.25, 0.3) is 0 Å². The summed E-state index contributed by atoms with van der Waals surface area (Å²) in [6, 6.07) is 0. The highest BCUT2D eigenvalue weighted by atomic mass is 16.7. The summed E-state index contributed by atoms with van der Waals surface area (Å²) in [5.41, 5.74) is -2.14. The summed E-state index contributed by atoms with van der Waals surface area (Å²) >= 11 is 0. The number of hydrogen-bond acceptors (Lipinski definition) is 16. The van der Waals surface area contributed by atoms with Gasteiger partial charge in [-0.2, -0.15) is 0 Å². The van der Waals surface area contributed by atoms with Crippen molar-refractivity contribution < 1.29 is 77.2 Å². The molecule has 4 aliphatic rings. The van der Waals surface area contributed by atoms with Gasteiger partial charge < -0.3 is 53.2 Å². The van der Waals surface area contributed by atoms with Gasteiger partial charge in [0.1, 0.15) is 18.3 Å². The van der Waals surface area contributed by atoms with Crippen molar-refractivity contribution in [1.29, 1.82) is 0 Å². The van der Waals surface area contributed by atoms with Gasteiger partial charge in [0, 0.05) is 56.6 Å². The van der Waals surface area contributed by atoms with Crippen LogP contribution in [0.2, 0.25) is 0 Å². The molecule has 3 N–H and O–H groups in total. The van der Waals surface area contributed by atoms with Crippen LogP contribution in [0.15, 0.2) is 35.5 Å². The summed E-state index contributed by atoms with van der Waals surface area (Å²) in [4.78, 5) is 63.9. The summed E-state index contributed by atoms with van der Waals surface area (Å²) < 4.78 is 46.7. The Morgan fingerprint density at radius 3 is 2.05 bits per heavy atom. The Labute approximate surface area is 352 Å². The quantitative estimate of drug-likeness (QED) is 0.151. The largest absolute Gasteiger partial charge is 0.466 e. The second-order valence-corrected chi connectivity index (χ2v) is 18.8. The van der Waals surface area contributed by atoms with Crippen LogP contribution >= 0.6 is 0 Å². The van der Waals surface area contributed by atoms with E-state index in [2.05, 4.69) is 0 Å². The molecule has 3 saturated heterocycles. The Morgan fingerprint density at radius 1 is 0.850 bits per heavy atom. The maximum Gasteiger partial charge on any atom is 0.330 e. The molecule has 0 aromatic heterocycles. The maximum absolute atomic E-state index is 13.6. The Kier molecular flexibility index (Phi) is 15.6. The van der Waals surface area contributed by atoms with Gasteiger partial charge in [0.05, 0.1) is 62.0 Å². The molecule has 0 radical (unpaired) electrons. The predicted molar refractivity (Wildman–Crippen MR) is 213 cm³/mol. The molecule has 6 bridgehead atoms. The molecule has 10 atom stereocenters. The van der Waals surface area contributed by atoms with Crippen molar-refractivity contribution in [3.05, 3.63) is 35.5 Å². The molecule has 0 aromatic carbocycles. The van der Waals surface area contributed by atoms with Crippen molar-refractivity contribution in [2.75, 3.05) is 14.2 Å². The number of ether oxygens (including phenoxy) is 8. The third kappa shape index (κ3) is 12.2. The van der Waals surface area contributed by atoms with Crippen LogP contribution in [-0.2, 0) is 61.9 Å². The number of fused-ring (bicyclic) bond motifs is 6. The fourth-order valence-electron chi connectivity index (χ4n) is 8.17. The zero-order valence-corrected chi connectivity index (χ0v) is 36.9. The van der Waals surface area contributed by atoms with E-state index in [1.807, 2.05) is 0 Å². The fraction of sp³-hybridized carbons (Fsp3) is 0.750. The fourth-order valence-corrected chi connectivity index (χ4v) is 8.17. The first kappa shape index (κ1) is 49.0. The number of aliphatic hydroxyl groups excluding tert-OH is 1. The first-order valence-corrected chi connectivity index (χ1v) is 20.6. The van der Waals surface area contributed by atoms with E-state index < -0.39 is 113 Å². The highest BCUT2D eigenvalue weighted by molar-refractivity contribution is 5.83. The van der Waals surface area contributed by atoms with E-state index in [0.29, 0.717) is 11.1 Å². The number of carbonyl (C=O) groups is 5. The van der Waals surface area contributed by atoms with Crippen LogP contribution in [0.5, 0.6) is 0 Å². The molecule has 0 aromatic rings. The molecule has 16 nitrogen and oxygen atoms in total. The van der Waals surface area contributed by atoms with Crippen molar-refractivity contribution >= 4 is 29.8 Å². The Bertz CT molecular complexity index is 1690. The van der Waals surface area contributed by atoms with Crippen molar-refractivity contribution in [2.24, 2.45) is 16.2 Å². The molecule has 60 heavy (non-hydrogen) atoms. The molecule has 4 rings (SSSR count). The van der Waals surface area contributed by atoms with Gasteiger partial charge in [0.15, 0.2) is 11.6 Å². The van der Waals surface area contributed by atoms with Crippen molar-refractivity contribution in [2.45, 2.75) is 181 Å². The smallest absolute Gasteiger partial charge is 0.330 e. The van der Waals surface area contributed by atoms with Crippen LogP contribution in [-0.4, -0.2) is 120 Å². The highest BCUT2D eigenvalue weighted by Gasteiger charge is 2.58. The topological polar surface area (TPSA) is 220 Å². The van der Waals surface area contributed by atoms with E-state index in [1.165, 1.54) is 33.3 Å². The van der Waals surface area contributed by atoms with Gasteiger partial charge in [-0.3, -0.25) is 14.4 Å². The van der Waals surface area contributed by atoms with Crippen LogP contribution in [0.4, 0.5) is 0 Å². The van der Waals surface area contributed by atoms with Gasteiger partial charge in [0.25, 0.3) is 0 Å². The van der Waals surface area contributed by atoms with Crippen molar-refractivity contribution in [3.8, 4) is 0 Å². The summed E-state index contributed by atoms with van der Waals surface area (Å²) in [5.74, 6) is -7.18. The lowest BCUT2D eigenvalue weighted by Gasteiger charge is -2.54. The monoisotopic (exact) mass is 850 g/mol. The molecule has 0 unspecified atom stereocenters. The van der Waals surface area contributed by atoms with Gasteiger partial charge >= 0.3 is 29.8 Å². The average Bonchev–Trinajstić information content (AvgIpc) is 3.11.